The van der Waals surface area contributed by atoms with Crippen LogP contribution < -0.4 is 16.0 Å². The molecule has 1 aromatic carbocycles. The second-order valence-corrected chi connectivity index (χ2v) is 6.61. The highest BCUT2D eigenvalue weighted by molar-refractivity contribution is 9.10. The second-order valence-electron chi connectivity index (χ2n) is 5.69. The summed E-state index contributed by atoms with van der Waals surface area (Å²) in [6.07, 6.45) is 0.594. The number of hydrogen-bond donors (Lipinski definition) is 1. The van der Waals surface area contributed by atoms with Crippen molar-refractivity contribution in [2.45, 2.75) is 12.6 Å². The Balaban J connectivity index is 1.80. The molecular formula is C16H17BrN4O4. The highest BCUT2D eigenvalue weighted by Gasteiger charge is 2.16. The van der Waals surface area contributed by atoms with E-state index >= 15 is 0 Å². The first-order valence-electron chi connectivity index (χ1n) is 7.55. The number of hydrogen-bond acceptors (Lipinski definition) is 5. The molecule has 8 nitrogen and oxygen atoms in total. The summed E-state index contributed by atoms with van der Waals surface area (Å²) in [5.74, 6) is 0.635. The van der Waals surface area contributed by atoms with Crippen molar-refractivity contribution in [3.05, 3.63) is 55.9 Å². The largest absolute Gasteiger partial charge is 0.491 e. The molecule has 1 atom stereocenters. The lowest BCUT2D eigenvalue weighted by Crippen LogP contribution is -2.38. The number of fused-ring (bicyclic) bond motifs is 1. The van der Waals surface area contributed by atoms with Gasteiger partial charge in [-0.3, -0.25) is 13.9 Å². The molecule has 9 heteroatoms. The quantitative estimate of drug-likeness (QED) is 0.668. The highest BCUT2D eigenvalue weighted by atomic mass is 79.9. The number of imidazole rings is 1. The molecule has 0 spiro atoms. The molecule has 1 unspecified atom stereocenters. The van der Waals surface area contributed by atoms with Crippen LogP contribution in [0.1, 0.15) is 0 Å². The molecular weight excluding hydrogens is 392 g/mol. The van der Waals surface area contributed by atoms with Crippen LogP contribution in [0.5, 0.6) is 5.75 Å². The van der Waals surface area contributed by atoms with E-state index in [1.54, 1.807) is 19.2 Å². The van der Waals surface area contributed by atoms with Crippen molar-refractivity contribution in [1.82, 2.24) is 18.7 Å². The van der Waals surface area contributed by atoms with E-state index in [4.69, 9.17) is 4.74 Å². The van der Waals surface area contributed by atoms with E-state index in [0.717, 1.165) is 9.04 Å². The standard InChI is InChI=1S/C16H17BrN4O4/c1-19-14-13(15(23)20(2)16(19)24)21(9-18-14)7-11(22)8-25-12-5-3-10(17)4-6-12/h3-6,9,11,22H,7-8H2,1-2H3. The molecule has 3 rings (SSSR count). The molecule has 132 valence electrons. The van der Waals surface area contributed by atoms with Crippen LogP contribution >= 0.6 is 15.9 Å². The van der Waals surface area contributed by atoms with Crippen molar-refractivity contribution in [2.24, 2.45) is 14.1 Å². The van der Waals surface area contributed by atoms with Gasteiger partial charge in [-0.15, -0.1) is 0 Å². The minimum absolute atomic E-state index is 0.0629. The molecule has 25 heavy (non-hydrogen) atoms. The van der Waals surface area contributed by atoms with Gasteiger partial charge in [0.15, 0.2) is 11.2 Å². The van der Waals surface area contributed by atoms with Gasteiger partial charge in [0.1, 0.15) is 18.5 Å². The minimum Gasteiger partial charge on any atom is -0.491 e. The normalized spacial score (nSPS) is 12.5. The van der Waals surface area contributed by atoms with Gasteiger partial charge in [0.05, 0.1) is 12.9 Å². The summed E-state index contributed by atoms with van der Waals surface area (Å²) in [6, 6.07) is 7.26. The first-order valence-corrected chi connectivity index (χ1v) is 8.35. The van der Waals surface area contributed by atoms with E-state index in [2.05, 4.69) is 20.9 Å². The van der Waals surface area contributed by atoms with E-state index in [9.17, 15) is 14.7 Å². The summed E-state index contributed by atoms with van der Waals surface area (Å²) < 4.78 is 10.3. The lowest BCUT2D eigenvalue weighted by atomic mass is 10.3. The van der Waals surface area contributed by atoms with E-state index < -0.39 is 17.4 Å². The maximum absolute atomic E-state index is 12.3. The van der Waals surface area contributed by atoms with Gasteiger partial charge in [-0.2, -0.15) is 0 Å². The summed E-state index contributed by atoms with van der Waals surface area (Å²) >= 11 is 3.34. The fourth-order valence-corrected chi connectivity index (χ4v) is 2.80. The third kappa shape index (κ3) is 3.38. The fourth-order valence-electron chi connectivity index (χ4n) is 2.54. The Hall–Kier alpha value is -2.39. The zero-order chi connectivity index (χ0) is 18.1. The van der Waals surface area contributed by atoms with Gasteiger partial charge in [-0.05, 0) is 24.3 Å². The van der Waals surface area contributed by atoms with Gasteiger partial charge in [-0.1, -0.05) is 15.9 Å². The van der Waals surface area contributed by atoms with Gasteiger partial charge in [-0.25, -0.2) is 9.78 Å². The van der Waals surface area contributed by atoms with Crippen LogP contribution in [0.3, 0.4) is 0 Å². The summed E-state index contributed by atoms with van der Waals surface area (Å²) in [5, 5.41) is 10.2. The van der Waals surface area contributed by atoms with Crippen molar-refractivity contribution in [2.75, 3.05) is 6.61 Å². The lowest BCUT2D eigenvalue weighted by Gasteiger charge is -2.14. The molecule has 0 aliphatic carbocycles. The Morgan fingerprint density at radius 2 is 1.88 bits per heavy atom. The molecule has 0 aliphatic heterocycles. The first-order chi connectivity index (χ1) is 11.9. The number of aliphatic hydroxyl groups is 1. The smallest absolute Gasteiger partial charge is 0.332 e. The first kappa shape index (κ1) is 17.4. The zero-order valence-electron chi connectivity index (χ0n) is 13.7. The number of nitrogens with zero attached hydrogens (tertiary/aromatic N) is 4. The third-order valence-electron chi connectivity index (χ3n) is 3.88. The van der Waals surface area contributed by atoms with E-state index in [1.165, 1.54) is 22.5 Å². The SMILES string of the molecule is Cn1c(=O)c2c(ncn2CC(O)COc2ccc(Br)cc2)n(C)c1=O. The summed E-state index contributed by atoms with van der Waals surface area (Å²) in [7, 11) is 2.96. The molecule has 0 saturated heterocycles. The predicted molar refractivity (Wildman–Crippen MR) is 95.9 cm³/mol. The fraction of sp³-hybridized carbons (Fsp3) is 0.312. The maximum atomic E-state index is 12.3. The maximum Gasteiger partial charge on any atom is 0.332 e. The lowest BCUT2D eigenvalue weighted by molar-refractivity contribution is 0.0933. The molecule has 0 aliphatic rings. The van der Waals surface area contributed by atoms with E-state index in [1.807, 2.05) is 12.1 Å². The summed E-state index contributed by atoms with van der Waals surface area (Å²) in [4.78, 5) is 28.4. The van der Waals surface area contributed by atoms with Gasteiger partial charge in [0.25, 0.3) is 5.56 Å². The third-order valence-corrected chi connectivity index (χ3v) is 4.41. The Morgan fingerprint density at radius 1 is 1.20 bits per heavy atom. The van der Waals surface area contributed by atoms with Crippen molar-refractivity contribution in [1.29, 1.82) is 0 Å². The average molecular weight is 409 g/mol. The van der Waals surface area contributed by atoms with Gasteiger partial charge in [0, 0.05) is 18.6 Å². The molecule has 1 N–H and O–H groups in total. The molecule has 0 amide bonds. The van der Waals surface area contributed by atoms with Crippen LogP contribution in [-0.2, 0) is 20.6 Å². The molecule has 0 saturated carbocycles. The number of rotatable bonds is 5. The van der Waals surface area contributed by atoms with Crippen LogP contribution in [0.25, 0.3) is 11.2 Å². The Labute approximate surface area is 151 Å². The minimum atomic E-state index is -0.844. The predicted octanol–water partition coefficient (Wildman–Crippen LogP) is 0.636. The highest BCUT2D eigenvalue weighted by Crippen LogP contribution is 2.16. The number of aromatic nitrogens is 4. The van der Waals surface area contributed by atoms with Crippen molar-refractivity contribution < 1.29 is 9.84 Å². The van der Waals surface area contributed by atoms with Crippen molar-refractivity contribution in [3.8, 4) is 5.75 Å². The van der Waals surface area contributed by atoms with Gasteiger partial charge >= 0.3 is 5.69 Å². The Kier molecular flexibility index (Phi) is 4.78. The number of ether oxygens (including phenoxy) is 1. The molecule has 0 radical (unpaired) electrons. The van der Waals surface area contributed by atoms with E-state index in [-0.39, 0.29) is 24.3 Å². The zero-order valence-corrected chi connectivity index (χ0v) is 15.3. The molecule has 0 fully saturated rings. The summed E-state index contributed by atoms with van der Waals surface area (Å²) in [6.45, 7) is 0.188. The topological polar surface area (TPSA) is 91.3 Å². The van der Waals surface area contributed by atoms with Crippen molar-refractivity contribution in [3.63, 3.8) is 0 Å². The number of halogens is 1. The molecule has 3 aromatic rings. The van der Waals surface area contributed by atoms with Crippen molar-refractivity contribution >= 4 is 27.1 Å². The molecule has 0 bridgehead atoms. The van der Waals surface area contributed by atoms with Crippen LogP contribution in [0.15, 0.2) is 44.7 Å². The summed E-state index contributed by atoms with van der Waals surface area (Å²) in [5.41, 5.74) is -0.333. The number of aryl methyl sites for hydroxylation is 1. The molecule has 2 aromatic heterocycles. The molecule has 2 heterocycles. The number of aliphatic hydroxyl groups excluding tert-OH is 1. The number of benzene rings is 1. The van der Waals surface area contributed by atoms with E-state index in [0.29, 0.717) is 5.75 Å². The Bertz CT molecular complexity index is 1020. The second kappa shape index (κ2) is 6.85. The van der Waals surface area contributed by atoms with Crippen LogP contribution in [0.2, 0.25) is 0 Å². The monoisotopic (exact) mass is 408 g/mol. The van der Waals surface area contributed by atoms with Crippen LogP contribution in [-0.4, -0.2) is 36.5 Å². The van der Waals surface area contributed by atoms with Crippen LogP contribution in [0, 0.1) is 0 Å². The van der Waals surface area contributed by atoms with Gasteiger partial charge in [0.2, 0.25) is 0 Å². The van der Waals surface area contributed by atoms with Gasteiger partial charge < -0.3 is 14.4 Å². The Morgan fingerprint density at radius 3 is 2.56 bits per heavy atom. The van der Waals surface area contributed by atoms with Crippen LogP contribution in [0.4, 0.5) is 0 Å². The average Bonchev–Trinajstić information content (AvgIpc) is 3.01.